The number of hydrogen-bond donors (Lipinski definition) is 1. The molecular formula is C14H22O3. The van der Waals surface area contributed by atoms with E-state index in [1.54, 1.807) is 0 Å². The standard InChI is InChI=1S/C14H22O3/c1-9-10(2)17-11(3)14(9)13(15)7-6-12-5-4-8-16-12/h12-13,15H,4-8H2,1-3H3. The first-order valence-electron chi connectivity index (χ1n) is 6.45. The highest BCUT2D eigenvalue weighted by molar-refractivity contribution is 5.33. The van der Waals surface area contributed by atoms with Crippen molar-refractivity contribution < 1.29 is 14.3 Å². The molecule has 2 atom stereocenters. The zero-order valence-corrected chi connectivity index (χ0v) is 11.0. The van der Waals surface area contributed by atoms with Crippen LogP contribution in [0.15, 0.2) is 4.42 Å². The molecule has 0 amide bonds. The highest BCUT2D eigenvalue weighted by Crippen LogP contribution is 2.31. The molecule has 2 unspecified atom stereocenters. The van der Waals surface area contributed by atoms with Gasteiger partial charge in [0.1, 0.15) is 11.5 Å². The van der Waals surface area contributed by atoms with Crippen molar-refractivity contribution in [1.29, 1.82) is 0 Å². The van der Waals surface area contributed by atoms with Crippen LogP contribution in [0.1, 0.15) is 54.4 Å². The van der Waals surface area contributed by atoms with E-state index in [1.807, 2.05) is 20.8 Å². The van der Waals surface area contributed by atoms with Gasteiger partial charge in [-0.3, -0.25) is 0 Å². The monoisotopic (exact) mass is 238 g/mol. The van der Waals surface area contributed by atoms with E-state index in [9.17, 15) is 5.11 Å². The molecule has 1 N–H and O–H groups in total. The predicted molar refractivity (Wildman–Crippen MR) is 66.1 cm³/mol. The van der Waals surface area contributed by atoms with Crippen molar-refractivity contribution in [1.82, 2.24) is 0 Å². The zero-order chi connectivity index (χ0) is 12.4. The van der Waals surface area contributed by atoms with Gasteiger partial charge in [-0.05, 0) is 52.0 Å². The van der Waals surface area contributed by atoms with E-state index in [4.69, 9.17) is 9.15 Å². The van der Waals surface area contributed by atoms with Gasteiger partial charge in [-0.2, -0.15) is 0 Å². The van der Waals surface area contributed by atoms with Gasteiger partial charge < -0.3 is 14.3 Å². The molecule has 3 heteroatoms. The second-order valence-corrected chi connectivity index (χ2v) is 4.98. The topological polar surface area (TPSA) is 42.6 Å². The number of ether oxygens (including phenoxy) is 1. The molecule has 0 aromatic carbocycles. The van der Waals surface area contributed by atoms with Crippen LogP contribution >= 0.6 is 0 Å². The summed E-state index contributed by atoms with van der Waals surface area (Å²) in [6, 6.07) is 0. The average molecular weight is 238 g/mol. The highest BCUT2D eigenvalue weighted by atomic mass is 16.5. The molecule has 2 rings (SSSR count). The fourth-order valence-electron chi connectivity index (χ4n) is 2.66. The lowest BCUT2D eigenvalue weighted by molar-refractivity contribution is 0.0807. The molecule has 1 aromatic heterocycles. The summed E-state index contributed by atoms with van der Waals surface area (Å²) in [5.41, 5.74) is 2.06. The van der Waals surface area contributed by atoms with E-state index in [1.165, 1.54) is 0 Å². The van der Waals surface area contributed by atoms with Crippen molar-refractivity contribution in [2.75, 3.05) is 6.61 Å². The van der Waals surface area contributed by atoms with Crippen molar-refractivity contribution in [2.24, 2.45) is 0 Å². The Bertz CT molecular complexity index is 375. The Morgan fingerprint density at radius 2 is 2.06 bits per heavy atom. The van der Waals surface area contributed by atoms with E-state index in [0.717, 1.165) is 54.9 Å². The molecule has 0 aliphatic carbocycles. The largest absolute Gasteiger partial charge is 0.466 e. The Morgan fingerprint density at radius 1 is 1.29 bits per heavy atom. The lowest BCUT2D eigenvalue weighted by Gasteiger charge is -2.14. The second kappa shape index (κ2) is 5.23. The van der Waals surface area contributed by atoms with E-state index in [-0.39, 0.29) is 0 Å². The van der Waals surface area contributed by atoms with E-state index in [0.29, 0.717) is 6.10 Å². The predicted octanol–water partition coefficient (Wildman–Crippen LogP) is 3.20. The summed E-state index contributed by atoms with van der Waals surface area (Å²) in [6.07, 6.45) is 3.91. The van der Waals surface area contributed by atoms with Crippen LogP contribution in [-0.4, -0.2) is 17.8 Å². The van der Waals surface area contributed by atoms with Crippen molar-refractivity contribution in [3.05, 3.63) is 22.6 Å². The summed E-state index contributed by atoms with van der Waals surface area (Å²) in [4.78, 5) is 0. The van der Waals surface area contributed by atoms with Crippen molar-refractivity contribution in [3.8, 4) is 0 Å². The molecule has 0 radical (unpaired) electrons. The third-order valence-corrected chi connectivity index (χ3v) is 3.74. The van der Waals surface area contributed by atoms with E-state index >= 15 is 0 Å². The van der Waals surface area contributed by atoms with Gasteiger partial charge in [0, 0.05) is 12.2 Å². The Kier molecular flexibility index (Phi) is 3.89. The fraction of sp³-hybridized carbons (Fsp3) is 0.714. The Balaban J connectivity index is 1.96. The molecule has 1 fully saturated rings. The molecule has 1 saturated heterocycles. The maximum atomic E-state index is 10.2. The van der Waals surface area contributed by atoms with Gasteiger partial charge in [0.15, 0.2) is 0 Å². The maximum absolute atomic E-state index is 10.2. The van der Waals surface area contributed by atoms with Crippen LogP contribution in [0.25, 0.3) is 0 Å². The van der Waals surface area contributed by atoms with Gasteiger partial charge >= 0.3 is 0 Å². The van der Waals surface area contributed by atoms with Crippen molar-refractivity contribution >= 4 is 0 Å². The van der Waals surface area contributed by atoms with Crippen LogP contribution in [-0.2, 0) is 4.74 Å². The molecule has 0 bridgehead atoms. The van der Waals surface area contributed by atoms with Crippen LogP contribution in [0, 0.1) is 20.8 Å². The minimum Gasteiger partial charge on any atom is -0.466 e. The van der Waals surface area contributed by atoms with Gasteiger partial charge in [-0.15, -0.1) is 0 Å². The molecule has 1 aliphatic rings. The van der Waals surface area contributed by atoms with Crippen LogP contribution in [0.5, 0.6) is 0 Å². The van der Waals surface area contributed by atoms with Crippen molar-refractivity contribution in [3.63, 3.8) is 0 Å². The first-order valence-corrected chi connectivity index (χ1v) is 6.45. The van der Waals surface area contributed by atoms with Gasteiger partial charge in [-0.1, -0.05) is 0 Å². The summed E-state index contributed by atoms with van der Waals surface area (Å²) < 4.78 is 11.1. The minimum atomic E-state index is -0.420. The normalized spacial score (nSPS) is 22.0. The molecule has 1 aliphatic heterocycles. The van der Waals surface area contributed by atoms with Crippen LogP contribution in [0.4, 0.5) is 0 Å². The molecule has 0 spiro atoms. The van der Waals surface area contributed by atoms with Gasteiger partial charge in [-0.25, -0.2) is 0 Å². The number of aliphatic hydroxyl groups excluding tert-OH is 1. The lowest BCUT2D eigenvalue weighted by Crippen LogP contribution is -2.08. The minimum absolute atomic E-state index is 0.346. The zero-order valence-electron chi connectivity index (χ0n) is 11.0. The Labute approximate surface area is 103 Å². The second-order valence-electron chi connectivity index (χ2n) is 4.98. The fourth-order valence-corrected chi connectivity index (χ4v) is 2.66. The van der Waals surface area contributed by atoms with E-state index in [2.05, 4.69) is 0 Å². The van der Waals surface area contributed by atoms with Crippen molar-refractivity contribution in [2.45, 2.75) is 58.7 Å². The molecule has 3 nitrogen and oxygen atoms in total. The van der Waals surface area contributed by atoms with Gasteiger partial charge in [0.2, 0.25) is 0 Å². The summed E-state index contributed by atoms with van der Waals surface area (Å²) >= 11 is 0. The number of aliphatic hydroxyl groups is 1. The summed E-state index contributed by atoms with van der Waals surface area (Å²) in [6.45, 7) is 6.75. The number of furan rings is 1. The Hall–Kier alpha value is -0.800. The average Bonchev–Trinajstić information content (AvgIpc) is 2.86. The first kappa shape index (κ1) is 12.7. The third kappa shape index (κ3) is 2.72. The van der Waals surface area contributed by atoms with E-state index < -0.39 is 6.10 Å². The lowest BCUT2D eigenvalue weighted by atomic mass is 9.98. The quantitative estimate of drug-likeness (QED) is 0.876. The van der Waals surface area contributed by atoms with Crippen LogP contribution < -0.4 is 0 Å². The number of hydrogen-bond acceptors (Lipinski definition) is 3. The molecule has 2 heterocycles. The molecular weight excluding hydrogens is 216 g/mol. The summed E-state index contributed by atoms with van der Waals surface area (Å²) in [5, 5.41) is 10.2. The number of rotatable bonds is 4. The highest BCUT2D eigenvalue weighted by Gasteiger charge is 2.22. The molecule has 17 heavy (non-hydrogen) atoms. The molecule has 96 valence electrons. The first-order chi connectivity index (χ1) is 8.09. The SMILES string of the molecule is Cc1oc(C)c(C(O)CCC2CCCO2)c1C. The Morgan fingerprint density at radius 3 is 2.59 bits per heavy atom. The van der Waals surface area contributed by atoms with Gasteiger partial charge in [0.25, 0.3) is 0 Å². The maximum Gasteiger partial charge on any atom is 0.107 e. The summed E-state index contributed by atoms with van der Waals surface area (Å²) in [7, 11) is 0. The van der Waals surface area contributed by atoms with Crippen LogP contribution in [0.2, 0.25) is 0 Å². The molecule has 1 aromatic rings. The smallest absolute Gasteiger partial charge is 0.107 e. The van der Waals surface area contributed by atoms with Gasteiger partial charge in [0.05, 0.1) is 12.2 Å². The van der Waals surface area contributed by atoms with Crippen LogP contribution in [0.3, 0.4) is 0 Å². The third-order valence-electron chi connectivity index (χ3n) is 3.74. The number of aryl methyl sites for hydroxylation is 2. The summed E-state index contributed by atoms with van der Waals surface area (Å²) in [5.74, 6) is 1.76. The molecule has 0 saturated carbocycles.